The van der Waals surface area contributed by atoms with E-state index < -0.39 is 0 Å². The van der Waals surface area contributed by atoms with Gasteiger partial charge in [0.1, 0.15) is 13.2 Å². The average Bonchev–Trinajstić information content (AvgIpc) is 2.46. The third-order valence-corrected chi connectivity index (χ3v) is 3.18. The fourth-order valence-corrected chi connectivity index (χ4v) is 2.11. The van der Waals surface area contributed by atoms with Crippen molar-refractivity contribution in [2.45, 2.75) is 32.1 Å². The van der Waals surface area contributed by atoms with Gasteiger partial charge in [-0.1, -0.05) is 12.5 Å². The van der Waals surface area contributed by atoms with E-state index in [1.54, 1.807) is 6.07 Å². The van der Waals surface area contributed by atoms with Crippen LogP contribution in [0.1, 0.15) is 42.5 Å². The summed E-state index contributed by atoms with van der Waals surface area (Å²) >= 11 is 0. The van der Waals surface area contributed by atoms with Gasteiger partial charge in [-0.05, 0) is 37.5 Å². The van der Waals surface area contributed by atoms with Gasteiger partial charge in [0.25, 0.3) is 0 Å². The molecule has 1 aliphatic rings. The first-order valence-electron chi connectivity index (χ1n) is 6.85. The summed E-state index contributed by atoms with van der Waals surface area (Å²) < 4.78 is 10.9. The van der Waals surface area contributed by atoms with Gasteiger partial charge in [0.05, 0.1) is 0 Å². The normalized spacial score (nSPS) is 13.1. The first-order valence-corrected chi connectivity index (χ1v) is 6.85. The van der Waals surface area contributed by atoms with E-state index >= 15 is 0 Å². The number of hydrogen-bond donors (Lipinski definition) is 0. The second kappa shape index (κ2) is 6.98. The predicted molar refractivity (Wildman–Crippen MR) is 75.0 cm³/mol. The fraction of sp³-hybridized carbons (Fsp3) is 0.438. The van der Waals surface area contributed by atoms with Crippen LogP contribution in [0.4, 0.5) is 0 Å². The maximum atomic E-state index is 12.0. The smallest absolute Gasteiger partial charge is 0.163 e. The van der Waals surface area contributed by atoms with Crippen LogP contribution in [0.25, 0.3) is 0 Å². The van der Waals surface area contributed by atoms with Crippen molar-refractivity contribution >= 4 is 5.78 Å². The van der Waals surface area contributed by atoms with Gasteiger partial charge in [0, 0.05) is 12.0 Å². The minimum atomic E-state index is 0.176. The lowest BCUT2D eigenvalue weighted by Gasteiger charge is -2.18. The van der Waals surface area contributed by atoms with E-state index in [4.69, 9.17) is 9.47 Å². The molecule has 0 bridgehead atoms. The molecule has 0 aliphatic carbocycles. The number of ether oxygens (including phenoxy) is 2. The van der Waals surface area contributed by atoms with Gasteiger partial charge >= 0.3 is 0 Å². The van der Waals surface area contributed by atoms with Gasteiger partial charge in [-0.3, -0.25) is 4.79 Å². The van der Waals surface area contributed by atoms with Gasteiger partial charge in [-0.15, -0.1) is 6.58 Å². The van der Waals surface area contributed by atoms with E-state index in [0.29, 0.717) is 30.9 Å². The van der Waals surface area contributed by atoms with E-state index in [-0.39, 0.29) is 5.78 Å². The largest absolute Gasteiger partial charge is 0.486 e. The Hall–Kier alpha value is -1.77. The molecular formula is C16H20O3. The zero-order chi connectivity index (χ0) is 13.5. The molecule has 3 nitrogen and oxygen atoms in total. The summed E-state index contributed by atoms with van der Waals surface area (Å²) in [6.45, 7) is 4.81. The lowest BCUT2D eigenvalue weighted by atomic mass is 10.0. The maximum Gasteiger partial charge on any atom is 0.163 e. The summed E-state index contributed by atoms with van der Waals surface area (Å²) in [5, 5.41) is 0. The van der Waals surface area contributed by atoms with Crippen LogP contribution in [-0.4, -0.2) is 19.0 Å². The molecule has 0 saturated heterocycles. The Balaban J connectivity index is 1.87. The molecule has 0 spiro atoms. The SMILES string of the molecule is C=CCCCCCC(=O)c1ccc2c(c1)OCCO2. The van der Waals surface area contributed by atoms with Crippen molar-refractivity contribution in [3.63, 3.8) is 0 Å². The number of carbonyl (C=O) groups excluding carboxylic acids is 1. The Morgan fingerprint density at radius 3 is 2.74 bits per heavy atom. The summed E-state index contributed by atoms with van der Waals surface area (Å²) in [5.41, 5.74) is 0.716. The van der Waals surface area contributed by atoms with Crippen LogP contribution in [0, 0.1) is 0 Å². The van der Waals surface area contributed by atoms with Crippen molar-refractivity contribution in [2.75, 3.05) is 13.2 Å². The van der Waals surface area contributed by atoms with E-state index in [1.165, 1.54) is 0 Å². The number of Topliss-reactive ketones (excluding diaryl/α,β-unsaturated/α-hetero) is 1. The van der Waals surface area contributed by atoms with Crippen LogP contribution < -0.4 is 9.47 Å². The molecule has 0 unspecified atom stereocenters. The molecule has 0 fully saturated rings. The van der Waals surface area contributed by atoms with Crippen molar-refractivity contribution in [1.29, 1.82) is 0 Å². The molecule has 0 N–H and O–H groups in total. The monoisotopic (exact) mass is 260 g/mol. The molecule has 0 aromatic heterocycles. The second-order valence-electron chi connectivity index (χ2n) is 4.67. The fourth-order valence-electron chi connectivity index (χ4n) is 2.11. The summed E-state index contributed by atoms with van der Waals surface area (Å²) in [6.07, 6.45) is 6.65. The lowest BCUT2D eigenvalue weighted by Crippen LogP contribution is -2.15. The number of rotatable bonds is 7. The third-order valence-electron chi connectivity index (χ3n) is 3.18. The minimum absolute atomic E-state index is 0.176. The van der Waals surface area contributed by atoms with Gasteiger partial charge in [0.2, 0.25) is 0 Å². The number of allylic oxidation sites excluding steroid dienone is 1. The summed E-state index contributed by atoms with van der Waals surface area (Å²) in [5.74, 6) is 1.59. The molecular weight excluding hydrogens is 240 g/mol. The zero-order valence-corrected chi connectivity index (χ0v) is 11.2. The minimum Gasteiger partial charge on any atom is -0.486 e. The first kappa shape index (κ1) is 13.7. The number of fused-ring (bicyclic) bond motifs is 1. The second-order valence-corrected chi connectivity index (χ2v) is 4.67. The van der Waals surface area contributed by atoms with Crippen LogP contribution in [-0.2, 0) is 0 Å². The average molecular weight is 260 g/mol. The van der Waals surface area contributed by atoms with Crippen molar-refractivity contribution < 1.29 is 14.3 Å². The van der Waals surface area contributed by atoms with E-state index in [2.05, 4.69) is 6.58 Å². The maximum absolute atomic E-state index is 12.0. The van der Waals surface area contributed by atoms with Crippen molar-refractivity contribution in [2.24, 2.45) is 0 Å². The van der Waals surface area contributed by atoms with Crippen LogP contribution in [0.5, 0.6) is 11.5 Å². The van der Waals surface area contributed by atoms with Crippen molar-refractivity contribution in [1.82, 2.24) is 0 Å². The van der Waals surface area contributed by atoms with Crippen LogP contribution in [0.3, 0.4) is 0 Å². The highest BCUT2D eigenvalue weighted by Gasteiger charge is 2.14. The highest BCUT2D eigenvalue weighted by Crippen LogP contribution is 2.31. The molecule has 0 saturated carbocycles. The molecule has 1 heterocycles. The van der Waals surface area contributed by atoms with Crippen LogP contribution in [0.2, 0.25) is 0 Å². The molecule has 3 heteroatoms. The van der Waals surface area contributed by atoms with E-state index in [1.807, 2.05) is 18.2 Å². The molecule has 1 aromatic rings. The van der Waals surface area contributed by atoms with Gasteiger partial charge in [-0.2, -0.15) is 0 Å². The summed E-state index contributed by atoms with van der Waals surface area (Å²) in [7, 11) is 0. The van der Waals surface area contributed by atoms with Crippen LogP contribution >= 0.6 is 0 Å². The number of unbranched alkanes of at least 4 members (excludes halogenated alkanes) is 3. The lowest BCUT2D eigenvalue weighted by molar-refractivity contribution is 0.0978. The topological polar surface area (TPSA) is 35.5 Å². The van der Waals surface area contributed by atoms with E-state index in [9.17, 15) is 4.79 Å². The molecule has 102 valence electrons. The third kappa shape index (κ3) is 3.85. The molecule has 19 heavy (non-hydrogen) atoms. The van der Waals surface area contributed by atoms with Crippen molar-refractivity contribution in [3.05, 3.63) is 36.4 Å². The van der Waals surface area contributed by atoms with E-state index in [0.717, 1.165) is 31.4 Å². The summed E-state index contributed by atoms with van der Waals surface area (Å²) in [6, 6.07) is 5.43. The highest BCUT2D eigenvalue weighted by atomic mass is 16.6. The first-order chi connectivity index (χ1) is 9.31. The molecule has 0 radical (unpaired) electrons. The number of carbonyl (C=O) groups is 1. The molecule has 0 amide bonds. The molecule has 2 rings (SSSR count). The zero-order valence-electron chi connectivity index (χ0n) is 11.2. The molecule has 0 atom stereocenters. The van der Waals surface area contributed by atoms with Gasteiger partial charge < -0.3 is 9.47 Å². The number of ketones is 1. The Morgan fingerprint density at radius 2 is 1.95 bits per heavy atom. The molecule has 1 aromatic carbocycles. The predicted octanol–water partition coefficient (Wildman–Crippen LogP) is 3.78. The van der Waals surface area contributed by atoms with Crippen LogP contribution in [0.15, 0.2) is 30.9 Å². The summed E-state index contributed by atoms with van der Waals surface area (Å²) in [4.78, 5) is 12.0. The quantitative estimate of drug-likeness (QED) is 0.425. The number of hydrogen-bond acceptors (Lipinski definition) is 3. The van der Waals surface area contributed by atoms with Gasteiger partial charge in [-0.25, -0.2) is 0 Å². The molecule has 1 aliphatic heterocycles. The number of benzene rings is 1. The highest BCUT2D eigenvalue weighted by molar-refractivity contribution is 5.96. The van der Waals surface area contributed by atoms with Gasteiger partial charge in [0.15, 0.2) is 17.3 Å². The Kier molecular flexibility index (Phi) is 5.01. The Labute approximate surface area is 114 Å². The Bertz CT molecular complexity index is 451. The standard InChI is InChI=1S/C16H20O3/c1-2-3-4-5-6-7-14(17)13-8-9-15-16(12-13)19-11-10-18-15/h2,8-9,12H,1,3-7,10-11H2. The van der Waals surface area contributed by atoms with Crippen molar-refractivity contribution in [3.8, 4) is 11.5 Å². The Morgan fingerprint density at radius 1 is 1.16 bits per heavy atom.